The molecule has 0 spiro atoms. The average molecular weight is 385 g/mol. The zero-order valence-corrected chi connectivity index (χ0v) is 14.5. The van der Waals surface area contributed by atoms with Gasteiger partial charge in [-0.1, -0.05) is 24.3 Å². The largest absolute Gasteiger partial charge is 0.398 e. The van der Waals surface area contributed by atoms with Crippen molar-refractivity contribution in [3.8, 4) is 0 Å². The van der Waals surface area contributed by atoms with Gasteiger partial charge in [-0.3, -0.25) is 0 Å². The molecule has 8 heteroatoms. The lowest BCUT2D eigenvalue weighted by Crippen LogP contribution is -2.23. The first kappa shape index (κ1) is 19.1. The number of fused-ring (bicyclic) bond motifs is 1. The molecule has 0 aliphatic rings. The Bertz CT molecular complexity index is 1010. The van der Waals surface area contributed by atoms with E-state index in [4.69, 9.17) is 5.73 Å². The Kier molecular flexibility index (Phi) is 5.62. The number of halogens is 3. The van der Waals surface area contributed by atoms with Gasteiger partial charge < -0.3 is 5.73 Å². The number of nitrogens with two attached hydrogens (primary N) is 1. The van der Waals surface area contributed by atoms with E-state index in [-0.39, 0.29) is 29.4 Å². The maximum absolute atomic E-state index is 13.2. The van der Waals surface area contributed by atoms with Crippen molar-refractivity contribution >= 4 is 38.9 Å². The number of nitrogen functional groups attached to an aromatic ring is 1. The molecule has 0 fully saturated rings. The zero-order valence-electron chi connectivity index (χ0n) is 12.9. The number of benzene rings is 3. The predicted octanol–water partition coefficient (Wildman–Crippen LogP) is 3.60. The van der Waals surface area contributed by atoms with E-state index < -0.39 is 21.7 Å². The van der Waals surface area contributed by atoms with E-state index in [2.05, 4.69) is 4.72 Å². The number of nitrogens with one attached hydrogen (secondary N) is 1. The topological polar surface area (TPSA) is 72.2 Å². The van der Waals surface area contributed by atoms with Gasteiger partial charge in [0.1, 0.15) is 11.6 Å². The van der Waals surface area contributed by atoms with Crippen LogP contribution in [0.4, 0.5) is 14.5 Å². The summed E-state index contributed by atoms with van der Waals surface area (Å²) in [5.41, 5.74) is 6.53. The lowest BCUT2D eigenvalue weighted by Gasteiger charge is -2.11. The lowest BCUT2D eigenvalue weighted by molar-refractivity contribution is 0.571. The minimum absolute atomic E-state index is 0. The van der Waals surface area contributed by atoms with Crippen molar-refractivity contribution in [1.29, 1.82) is 0 Å². The third kappa shape index (κ3) is 4.07. The number of hydrogen-bond donors (Lipinski definition) is 2. The van der Waals surface area contributed by atoms with E-state index in [0.29, 0.717) is 16.5 Å². The first-order chi connectivity index (χ1) is 11.4. The van der Waals surface area contributed by atoms with Gasteiger partial charge in [0.25, 0.3) is 0 Å². The van der Waals surface area contributed by atoms with Gasteiger partial charge in [-0.05, 0) is 29.8 Å². The van der Waals surface area contributed by atoms with Crippen LogP contribution in [0, 0.1) is 11.6 Å². The molecule has 0 aromatic heterocycles. The van der Waals surface area contributed by atoms with Crippen LogP contribution < -0.4 is 10.5 Å². The van der Waals surface area contributed by atoms with Gasteiger partial charge in [-0.2, -0.15) is 0 Å². The summed E-state index contributed by atoms with van der Waals surface area (Å²) in [7, 11) is -3.88. The van der Waals surface area contributed by atoms with Crippen LogP contribution in [0.15, 0.2) is 59.5 Å². The minimum atomic E-state index is -3.88. The highest BCUT2D eigenvalue weighted by Gasteiger charge is 2.17. The molecule has 0 atom stereocenters. The summed E-state index contributed by atoms with van der Waals surface area (Å²) < 4.78 is 53.9. The molecule has 3 aromatic rings. The molecular weight excluding hydrogens is 370 g/mol. The van der Waals surface area contributed by atoms with Crippen LogP contribution in [-0.2, 0) is 16.6 Å². The Labute approximate surface area is 150 Å². The standard InChI is InChI=1S/C17H14F2N2O2S.ClH/c18-12-7-11(8-13(19)9-12)10-21-24(22,23)17-6-2-3-14-15(17)4-1-5-16(14)20;/h1-9,21H,10,20H2;1H. The minimum Gasteiger partial charge on any atom is -0.398 e. The molecule has 0 saturated heterocycles. The van der Waals surface area contributed by atoms with Gasteiger partial charge in [0.2, 0.25) is 10.0 Å². The highest BCUT2D eigenvalue weighted by Crippen LogP contribution is 2.27. The van der Waals surface area contributed by atoms with Crippen LogP contribution in [0.1, 0.15) is 5.56 Å². The second-order valence-corrected chi connectivity index (χ2v) is 7.04. The first-order valence-electron chi connectivity index (χ1n) is 7.09. The van der Waals surface area contributed by atoms with Crippen molar-refractivity contribution in [2.45, 2.75) is 11.4 Å². The summed E-state index contributed by atoms with van der Waals surface area (Å²) in [5.74, 6) is -1.52. The summed E-state index contributed by atoms with van der Waals surface area (Å²) >= 11 is 0. The van der Waals surface area contributed by atoms with Gasteiger partial charge in [-0.15, -0.1) is 12.4 Å². The van der Waals surface area contributed by atoms with Gasteiger partial charge in [-0.25, -0.2) is 21.9 Å². The normalized spacial score (nSPS) is 11.3. The third-order valence-electron chi connectivity index (χ3n) is 3.59. The van der Waals surface area contributed by atoms with Crippen molar-refractivity contribution in [3.05, 3.63) is 71.8 Å². The molecule has 0 aliphatic heterocycles. The second-order valence-electron chi connectivity index (χ2n) is 5.30. The van der Waals surface area contributed by atoms with Crippen LogP contribution >= 0.6 is 12.4 Å². The van der Waals surface area contributed by atoms with E-state index in [1.165, 1.54) is 6.07 Å². The van der Waals surface area contributed by atoms with Crippen LogP contribution in [0.25, 0.3) is 10.8 Å². The SMILES string of the molecule is Cl.Nc1cccc2c(S(=O)(=O)NCc3cc(F)cc(F)c3)cccc12. The smallest absolute Gasteiger partial charge is 0.241 e. The summed E-state index contributed by atoms with van der Waals surface area (Å²) in [6.45, 7) is -0.226. The first-order valence-corrected chi connectivity index (χ1v) is 8.57. The molecule has 0 saturated carbocycles. The molecule has 0 amide bonds. The fourth-order valence-corrected chi connectivity index (χ4v) is 3.75. The van der Waals surface area contributed by atoms with Crippen molar-refractivity contribution in [2.24, 2.45) is 0 Å². The van der Waals surface area contributed by atoms with Crippen LogP contribution in [0.3, 0.4) is 0 Å². The summed E-state index contributed by atoms with van der Waals surface area (Å²) in [6.07, 6.45) is 0. The van der Waals surface area contributed by atoms with E-state index in [9.17, 15) is 17.2 Å². The molecule has 4 nitrogen and oxygen atoms in total. The van der Waals surface area contributed by atoms with E-state index in [0.717, 1.165) is 18.2 Å². The molecule has 132 valence electrons. The third-order valence-corrected chi connectivity index (χ3v) is 5.05. The number of hydrogen-bond acceptors (Lipinski definition) is 3. The molecule has 0 radical (unpaired) electrons. The van der Waals surface area contributed by atoms with Crippen LogP contribution in [0.2, 0.25) is 0 Å². The van der Waals surface area contributed by atoms with Crippen LogP contribution in [-0.4, -0.2) is 8.42 Å². The zero-order chi connectivity index (χ0) is 17.3. The maximum atomic E-state index is 13.2. The maximum Gasteiger partial charge on any atom is 0.241 e. The summed E-state index contributed by atoms with van der Waals surface area (Å²) in [6, 6.07) is 12.7. The second kappa shape index (κ2) is 7.35. The Morgan fingerprint density at radius 1 is 0.920 bits per heavy atom. The summed E-state index contributed by atoms with van der Waals surface area (Å²) in [5, 5.41) is 1.10. The molecular formula is C17H15ClF2N2O2S. The van der Waals surface area contributed by atoms with Crippen molar-refractivity contribution < 1.29 is 17.2 Å². The summed E-state index contributed by atoms with van der Waals surface area (Å²) in [4.78, 5) is 0.0594. The number of sulfonamides is 1. The average Bonchev–Trinajstić information content (AvgIpc) is 2.52. The Balaban J connectivity index is 0.00000225. The molecule has 3 N–H and O–H groups in total. The molecule has 0 unspecified atom stereocenters. The molecule has 0 bridgehead atoms. The molecule has 0 aliphatic carbocycles. The molecule has 3 aromatic carbocycles. The van der Waals surface area contributed by atoms with E-state index in [1.807, 2.05) is 0 Å². The quantitative estimate of drug-likeness (QED) is 0.675. The molecule has 3 rings (SSSR count). The lowest BCUT2D eigenvalue weighted by atomic mass is 10.1. The van der Waals surface area contributed by atoms with E-state index >= 15 is 0 Å². The van der Waals surface area contributed by atoms with Crippen molar-refractivity contribution in [3.63, 3.8) is 0 Å². The molecule has 0 heterocycles. The highest BCUT2D eigenvalue weighted by molar-refractivity contribution is 7.89. The number of rotatable bonds is 4. The van der Waals surface area contributed by atoms with Gasteiger partial charge in [0.05, 0.1) is 4.90 Å². The predicted molar refractivity (Wildman–Crippen MR) is 96.0 cm³/mol. The fourth-order valence-electron chi connectivity index (χ4n) is 2.51. The van der Waals surface area contributed by atoms with Crippen molar-refractivity contribution in [2.75, 3.05) is 5.73 Å². The Morgan fingerprint density at radius 2 is 1.52 bits per heavy atom. The fraction of sp³-hybridized carbons (Fsp3) is 0.0588. The van der Waals surface area contributed by atoms with Gasteiger partial charge in [0.15, 0.2) is 0 Å². The van der Waals surface area contributed by atoms with E-state index in [1.54, 1.807) is 30.3 Å². The van der Waals surface area contributed by atoms with Gasteiger partial charge >= 0.3 is 0 Å². The monoisotopic (exact) mass is 384 g/mol. The Hall–Kier alpha value is -2.22. The molecule has 25 heavy (non-hydrogen) atoms. The Morgan fingerprint density at radius 3 is 2.20 bits per heavy atom. The van der Waals surface area contributed by atoms with Crippen molar-refractivity contribution in [1.82, 2.24) is 4.72 Å². The van der Waals surface area contributed by atoms with Gasteiger partial charge in [0, 0.05) is 29.1 Å². The highest BCUT2D eigenvalue weighted by atomic mass is 35.5. The number of anilines is 1. The van der Waals surface area contributed by atoms with Crippen LogP contribution in [0.5, 0.6) is 0 Å².